The van der Waals surface area contributed by atoms with Crippen LogP contribution in [0.4, 0.5) is 4.79 Å². The number of carbonyl (C=O) groups excluding carboxylic acids is 1. The quantitative estimate of drug-likeness (QED) is 0.849. The van der Waals surface area contributed by atoms with Crippen LogP contribution in [0.1, 0.15) is 56.5 Å². The molecule has 124 valence electrons. The predicted octanol–water partition coefficient (Wildman–Crippen LogP) is 3.88. The van der Waals surface area contributed by atoms with Gasteiger partial charge >= 0.3 is 6.09 Å². The SMILES string of the molecule is C=Cc1ncnc(C2CCN(C(=O)OC(C)(C)C)CC2)c1C=C. The summed E-state index contributed by atoms with van der Waals surface area (Å²) in [6, 6.07) is 0. The van der Waals surface area contributed by atoms with Crippen LogP contribution < -0.4 is 0 Å². The maximum Gasteiger partial charge on any atom is 0.410 e. The highest BCUT2D eigenvalue weighted by molar-refractivity contribution is 5.68. The first-order valence-electron chi connectivity index (χ1n) is 7.93. The molecule has 1 aromatic rings. The van der Waals surface area contributed by atoms with Gasteiger partial charge < -0.3 is 9.64 Å². The normalized spacial score (nSPS) is 16.0. The van der Waals surface area contributed by atoms with Crippen molar-refractivity contribution in [1.82, 2.24) is 14.9 Å². The van der Waals surface area contributed by atoms with Crippen molar-refractivity contribution < 1.29 is 9.53 Å². The lowest BCUT2D eigenvalue weighted by atomic mass is 9.90. The average Bonchev–Trinajstić information content (AvgIpc) is 2.52. The maximum atomic E-state index is 12.1. The lowest BCUT2D eigenvalue weighted by molar-refractivity contribution is 0.0204. The average molecular weight is 315 g/mol. The van der Waals surface area contributed by atoms with Gasteiger partial charge in [-0.25, -0.2) is 14.8 Å². The number of amides is 1. The van der Waals surface area contributed by atoms with Crippen LogP contribution in [0.15, 0.2) is 19.5 Å². The summed E-state index contributed by atoms with van der Waals surface area (Å²) in [5, 5.41) is 0. The molecule has 1 amide bonds. The summed E-state index contributed by atoms with van der Waals surface area (Å²) in [5.41, 5.74) is 2.28. The Labute approximate surface area is 138 Å². The Hall–Kier alpha value is -2.17. The molecule has 1 saturated heterocycles. The molecule has 23 heavy (non-hydrogen) atoms. The molecule has 0 unspecified atom stereocenters. The number of aromatic nitrogens is 2. The van der Waals surface area contributed by atoms with E-state index in [9.17, 15) is 4.79 Å². The molecule has 0 saturated carbocycles. The molecular formula is C18H25N3O2. The summed E-state index contributed by atoms with van der Waals surface area (Å²) >= 11 is 0. The van der Waals surface area contributed by atoms with Gasteiger partial charge in [-0.05, 0) is 39.7 Å². The van der Waals surface area contributed by atoms with Crippen LogP contribution in [0.5, 0.6) is 0 Å². The van der Waals surface area contributed by atoms with E-state index in [2.05, 4.69) is 23.1 Å². The highest BCUT2D eigenvalue weighted by Gasteiger charge is 2.29. The molecule has 1 aliphatic heterocycles. The van der Waals surface area contributed by atoms with Crippen molar-refractivity contribution in [3.63, 3.8) is 0 Å². The number of likely N-dealkylation sites (tertiary alicyclic amines) is 1. The molecule has 2 rings (SSSR count). The lowest BCUT2D eigenvalue weighted by Crippen LogP contribution is -2.41. The fourth-order valence-electron chi connectivity index (χ4n) is 2.78. The minimum Gasteiger partial charge on any atom is -0.444 e. The van der Waals surface area contributed by atoms with Gasteiger partial charge in [0, 0.05) is 24.6 Å². The molecule has 0 bridgehead atoms. The van der Waals surface area contributed by atoms with E-state index in [-0.39, 0.29) is 6.09 Å². The Morgan fingerprint density at radius 2 is 1.91 bits per heavy atom. The number of rotatable bonds is 3. The number of nitrogens with zero attached hydrogens (tertiary/aromatic N) is 3. The van der Waals surface area contributed by atoms with E-state index < -0.39 is 5.60 Å². The van der Waals surface area contributed by atoms with Gasteiger partial charge in [0.2, 0.25) is 0 Å². The van der Waals surface area contributed by atoms with Gasteiger partial charge in [0.05, 0.1) is 11.4 Å². The van der Waals surface area contributed by atoms with Crippen molar-refractivity contribution in [3.05, 3.63) is 36.4 Å². The number of ether oxygens (including phenoxy) is 1. The van der Waals surface area contributed by atoms with Gasteiger partial charge in [0.15, 0.2) is 0 Å². The third-order valence-electron chi connectivity index (χ3n) is 3.88. The molecule has 1 fully saturated rings. The Morgan fingerprint density at radius 3 is 2.43 bits per heavy atom. The molecule has 5 nitrogen and oxygen atoms in total. The van der Waals surface area contributed by atoms with E-state index in [0.717, 1.165) is 29.8 Å². The molecule has 0 atom stereocenters. The number of piperidine rings is 1. The van der Waals surface area contributed by atoms with Gasteiger partial charge in [0.25, 0.3) is 0 Å². The second-order valence-electron chi connectivity index (χ2n) is 6.71. The molecule has 0 N–H and O–H groups in total. The van der Waals surface area contributed by atoms with Crippen LogP contribution >= 0.6 is 0 Å². The Balaban J connectivity index is 2.07. The molecule has 0 radical (unpaired) electrons. The summed E-state index contributed by atoms with van der Waals surface area (Å²) in [7, 11) is 0. The van der Waals surface area contributed by atoms with Crippen LogP contribution in [0.25, 0.3) is 12.2 Å². The van der Waals surface area contributed by atoms with E-state index >= 15 is 0 Å². The van der Waals surface area contributed by atoms with Crippen LogP contribution in [0.2, 0.25) is 0 Å². The van der Waals surface area contributed by atoms with Crippen LogP contribution in [0, 0.1) is 0 Å². The molecule has 0 spiro atoms. The zero-order chi connectivity index (χ0) is 17.0. The Kier molecular flexibility index (Phi) is 5.19. The van der Waals surface area contributed by atoms with Gasteiger partial charge in [0.1, 0.15) is 11.9 Å². The van der Waals surface area contributed by atoms with Crippen molar-refractivity contribution >= 4 is 18.2 Å². The molecule has 0 aliphatic carbocycles. The lowest BCUT2D eigenvalue weighted by Gasteiger charge is -2.33. The largest absolute Gasteiger partial charge is 0.444 e. The third-order valence-corrected chi connectivity index (χ3v) is 3.88. The summed E-state index contributed by atoms with van der Waals surface area (Å²) in [5.74, 6) is 0.295. The molecule has 1 aliphatic rings. The van der Waals surface area contributed by atoms with Crippen molar-refractivity contribution in [2.75, 3.05) is 13.1 Å². The second kappa shape index (κ2) is 6.94. The topological polar surface area (TPSA) is 55.3 Å². The second-order valence-corrected chi connectivity index (χ2v) is 6.71. The van der Waals surface area contributed by atoms with Crippen LogP contribution in [-0.4, -0.2) is 39.7 Å². The summed E-state index contributed by atoms with van der Waals surface area (Å²) < 4.78 is 5.43. The first kappa shape index (κ1) is 17.2. The summed E-state index contributed by atoms with van der Waals surface area (Å²) in [6.45, 7) is 14.6. The minimum atomic E-state index is -0.463. The van der Waals surface area contributed by atoms with Crippen molar-refractivity contribution in [2.45, 2.75) is 45.1 Å². The minimum absolute atomic E-state index is 0.241. The Bertz CT molecular complexity index is 597. The Morgan fingerprint density at radius 1 is 1.26 bits per heavy atom. The van der Waals surface area contributed by atoms with Gasteiger partial charge in [-0.15, -0.1) is 0 Å². The van der Waals surface area contributed by atoms with Gasteiger partial charge in [-0.1, -0.05) is 19.2 Å². The maximum absolute atomic E-state index is 12.1. The highest BCUT2D eigenvalue weighted by atomic mass is 16.6. The van der Waals surface area contributed by atoms with Gasteiger partial charge in [-0.2, -0.15) is 0 Å². The number of hydrogen-bond acceptors (Lipinski definition) is 4. The zero-order valence-corrected chi connectivity index (χ0v) is 14.2. The fraction of sp³-hybridized carbons (Fsp3) is 0.500. The zero-order valence-electron chi connectivity index (χ0n) is 14.2. The molecule has 2 heterocycles. The van der Waals surface area contributed by atoms with Crippen LogP contribution in [0.3, 0.4) is 0 Å². The van der Waals surface area contributed by atoms with E-state index in [1.807, 2.05) is 20.8 Å². The first-order valence-corrected chi connectivity index (χ1v) is 7.93. The third kappa shape index (κ3) is 4.18. The van der Waals surface area contributed by atoms with Crippen molar-refractivity contribution in [2.24, 2.45) is 0 Å². The predicted molar refractivity (Wildman–Crippen MR) is 92.0 cm³/mol. The van der Waals surface area contributed by atoms with Crippen LogP contribution in [-0.2, 0) is 4.74 Å². The smallest absolute Gasteiger partial charge is 0.410 e. The van der Waals surface area contributed by atoms with E-state index in [0.29, 0.717) is 19.0 Å². The molecule has 1 aromatic heterocycles. The summed E-state index contributed by atoms with van der Waals surface area (Å²) in [4.78, 5) is 22.6. The molecule has 5 heteroatoms. The number of hydrogen-bond donors (Lipinski definition) is 0. The van der Waals surface area contributed by atoms with E-state index in [1.54, 1.807) is 23.4 Å². The van der Waals surface area contributed by atoms with Gasteiger partial charge in [-0.3, -0.25) is 0 Å². The van der Waals surface area contributed by atoms with E-state index in [4.69, 9.17) is 4.74 Å². The number of carbonyl (C=O) groups is 1. The standard InChI is InChI=1S/C18H25N3O2/c1-6-14-15(7-2)19-12-20-16(14)13-8-10-21(11-9-13)17(22)23-18(3,4)5/h6-7,12-13H,1-2,8-11H2,3-5H3. The van der Waals surface area contributed by atoms with Crippen molar-refractivity contribution in [3.8, 4) is 0 Å². The van der Waals surface area contributed by atoms with Crippen molar-refractivity contribution in [1.29, 1.82) is 0 Å². The fourth-order valence-corrected chi connectivity index (χ4v) is 2.78. The first-order chi connectivity index (χ1) is 10.9. The highest BCUT2D eigenvalue weighted by Crippen LogP contribution is 2.31. The molecule has 0 aromatic carbocycles. The molecular weight excluding hydrogens is 290 g/mol. The summed E-state index contributed by atoms with van der Waals surface area (Å²) in [6.07, 6.45) is 6.54. The van der Waals surface area contributed by atoms with E-state index in [1.165, 1.54) is 0 Å². The monoisotopic (exact) mass is 315 g/mol.